The molecule has 3 unspecified atom stereocenters. The fourth-order valence-corrected chi connectivity index (χ4v) is 11.8. The monoisotopic (exact) mass is 618 g/mol. The first-order chi connectivity index (χ1) is 21.5. The van der Waals surface area contributed by atoms with E-state index in [1.165, 1.54) is 0 Å². The van der Waals surface area contributed by atoms with Crippen molar-refractivity contribution in [1.29, 1.82) is 0 Å². The SMILES string of the molecule is COCOC1CC[C@]2(C)[C@H]3CC[C@]4(C)[C@@H]([C@H](C)CCCCCC(=O)O)CC[C@H]4C34C=CC2(C1)n1c(=O)c2ccccc2c(=O)n14. The first-order valence-corrected chi connectivity index (χ1v) is 17.4. The highest BCUT2D eigenvalue weighted by Crippen LogP contribution is 2.74. The molecule has 3 fully saturated rings. The number of hydrogen-bond acceptors (Lipinski definition) is 5. The van der Waals surface area contributed by atoms with E-state index >= 15 is 0 Å². The molecule has 3 heterocycles. The van der Waals surface area contributed by atoms with Crippen molar-refractivity contribution < 1.29 is 19.4 Å². The van der Waals surface area contributed by atoms with E-state index in [0.29, 0.717) is 29.0 Å². The standard InChI is InChI=1S/C37H50N2O6/c1-24(10-6-5-7-13-31(40)41)28-14-15-29-34(28,2)18-17-30-35(3)19-16-25(45-23-44-4)22-36(35)20-21-37(29,30)39-33(43)27-12-9-8-11-26(27)32(42)38(36)39/h8-9,11-12,20-21,24-25,28-30H,5-7,10,13-19,22-23H2,1-4H3,(H,40,41)/t24-,25?,28-,29-,30-,34-,35-,36?,37?/m1/s1. The summed E-state index contributed by atoms with van der Waals surface area (Å²) in [6.45, 7) is 7.50. The topological polar surface area (TPSA) is 99.8 Å². The van der Waals surface area contributed by atoms with E-state index in [0.717, 1.165) is 64.2 Å². The first kappa shape index (κ1) is 30.9. The van der Waals surface area contributed by atoms with Gasteiger partial charge in [0, 0.05) is 25.4 Å². The fourth-order valence-electron chi connectivity index (χ4n) is 11.8. The van der Waals surface area contributed by atoms with Gasteiger partial charge in [0.1, 0.15) is 6.79 Å². The lowest BCUT2D eigenvalue weighted by Gasteiger charge is -2.72. The van der Waals surface area contributed by atoms with E-state index in [1.54, 1.807) is 7.11 Å². The van der Waals surface area contributed by atoms with Crippen molar-refractivity contribution >= 4 is 16.7 Å². The van der Waals surface area contributed by atoms with Crippen LogP contribution in [0.3, 0.4) is 0 Å². The number of methoxy groups -OCH3 is 1. The molecule has 2 aliphatic heterocycles. The van der Waals surface area contributed by atoms with Gasteiger partial charge >= 0.3 is 5.97 Å². The Morgan fingerprint density at radius 2 is 1.69 bits per heavy atom. The van der Waals surface area contributed by atoms with Crippen molar-refractivity contribution in [1.82, 2.24) is 9.36 Å². The highest BCUT2D eigenvalue weighted by Gasteiger charge is 2.74. The lowest BCUT2D eigenvalue weighted by atomic mass is 9.40. The third-order valence-electron chi connectivity index (χ3n) is 13.8. The first-order valence-electron chi connectivity index (χ1n) is 17.4. The predicted octanol–water partition coefficient (Wildman–Crippen LogP) is 6.43. The smallest absolute Gasteiger partial charge is 0.303 e. The summed E-state index contributed by atoms with van der Waals surface area (Å²) in [5, 5.41) is 10.1. The number of fused-ring (bicyclic) bond motifs is 2. The summed E-state index contributed by atoms with van der Waals surface area (Å²) in [7, 11) is 1.64. The van der Waals surface area contributed by atoms with Crippen molar-refractivity contribution in [3.63, 3.8) is 0 Å². The van der Waals surface area contributed by atoms with Crippen molar-refractivity contribution in [2.75, 3.05) is 13.9 Å². The number of allylic oxidation sites excluding steroid dienone is 2. The number of ether oxygens (including phenoxy) is 2. The number of unbranched alkanes of at least 4 members (excludes halogenated alkanes) is 2. The molecular formula is C37H50N2O6. The summed E-state index contributed by atoms with van der Waals surface area (Å²) in [6, 6.07) is 7.39. The molecule has 8 rings (SSSR count). The number of carboxylic acid groups (broad SMARTS) is 1. The van der Waals surface area contributed by atoms with Crippen LogP contribution in [-0.2, 0) is 25.3 Å². The van der Waals surface area contributed by atoms with Gasteiger partial charge in [-0.25, -0.2) is 9.36 Å². The highest BCUT2D eigenvalue weighted by molar-refractivity contribution is 5.80. The third kappa shape index (κ3) is 4.13. The second kappa shape index (κ2) is 10.9. The fraction of sp³-hybridized carbons (Fsp3) is 0.703. The van der Waals surface area contributed by atoms with Crippen molar-refractivity contribution in [3.8, 4) is 0 Å². The molecule has 9 atom stereocenters. The summed E-state index contributed by atoms with van der Waals surface area (Å²) in [6.07, 6.45) is 15.6. The van der Waals surface area contributed by atoms with Crippen LogP contribution < -0.4 is 11.1 Å². The van der Waals surface area contributed by atoms with Crippen LogP contribution in [0, 0.1) is 34.5 Å². The van der Waals surface area contributed by atoms with Crippen LogP contribution in [0.4, 0.5) is 0 Å². The van der Waals surface area contributed by atoms with Crippen molar-refractivity contribution in [3.05, 3.63) is 57.1 Å². The molecule has 0 saturated heterocycles. The molecule has 2 bridgehead atoms. The Bertz CT molecular complexity index is 1640. The molecule has 45 heavy (non-hydrogen) atoms. The number of aromatic nitrogens is 2. The Labute approximate surface area is 265 Å². The molecule has 1 aromatic heterocycles. The molecule has 0 radical (unpaired) electrons. The number of benzene rings is 1. The number of carboxylic acids is 1. The normalized spacial score (nSPS) is 38.4. The van der Waals surface area contributed by atoms with Crippen molar-refractivity contribution in [2.24, 2.45) is 34.5 Å². The van der Waals surface area contributed by atoms with Crippen LogP contribution >= 0.6 is 0 Å². The molecule has 2 spiro atoms. The van der Waals surface area contributed by atoms with Crippen LogP contribution in [0.5, 0.6) is 0 Å². The summed E-state index contributed by atoms with van der Waals surface area (Å²) >= 11 is 0. The number of hydrogen-bond donors (Lipinski definition) is 1. The molecule has 6 aliphatic rings. The minimum Gasteiger partial charge on any atom is -0.481 e. The molecular weight excluding hydrogens is 568 g/mol. The molecule has 8 heteroatoms. The third-order valence-corrected chi connectivity index (χ3v) is 13.8. The minimum atomic E-state index is -0.714. The average molecular weight is 619 g/mol. The van der Waals surface area contributed by atoms with E-state index in [-0.39, 0.29) is 53.1 Å². The molecule has 0 amide bonds. The minimum absolute atomic E-state index is 0.0414. The van der Waals surface area contributed by atoms with Crippen LogP contribution in [0.25, 0.3) is 10.8 Å². The van der Waals surface area contributed by atoms with Crippen LogP contribution in [-0.4, -0.2) is 40.4 Å². The quantitative estimate of drug-likeness (QED) is 0.187. The molecule has 8 nitrogen and oxygen atoms in total. The van der Waals surface area contributed by atoms with Gasteiger partial charge in [0.25, 0.3) is 11.1 Å². The van der Waals surface area contributed by atoms with Crippen LogP contribution in [0.2, 0.25) is 0 Å². The second-order valence-corrected chi connectivity index (χ2v) is 15.6. The Morgan fingerprint density at radius 3 is 2.40 bits per heavy atom. The molecule has 2 aromatic rings. The Balaban J connectivity index is 1.35. The summed E-state index contributed by atoms with van der Waals surface area (Å²) in [4.78, 5) is 40.5. The average Bonchev–Trinajstić information content (AvgIpc) is 3.39. The van der Waals surface area contributed by atoms with E-state index in [2.05, 4.69) is 32.9 Å². The van der Waals surface area contributed by atoms with Crippen LogP contribution in [0.1, 0.15) is 97.8 Å². The largest absolute Gasteiger partial charge is 0.481 e. The molecule has 244 valence electrons. The van der Waals surface area contributed by atoms with Gasteiger partial charge in [0.05, 0.1) is 28.0 Å². The summed E-state index contributed by atoms with van der Waals surface area (Å²) in [5.74, 6) is 0.838. The Hall–Kier alpha value is -2.71. The lowest BCUT2D eigenvalue weighted by molar-refractivity contribution is -0.212. The molecule has 1 aromatic carbocycles. The van der Waals surface area contributed by atoms with Gasteiger partial charge in [-0.05, 0) is 86.2 Å². The maximum Gasteiger partial charge on any atom is 0.303 e. The van der Waals surface area contributed by atoms with Gasteiger partial charge in [0.15, 0.2) is 0 Å². The Kier molecular flexibility index (Phi) is 7.51. The second-order valence-electron chi connectivity index (χ2n) is 15.6. The number of nitrogens with zero attached hydrogens (tertiary/aromatic N) is 2. The predicted molar refractivity (Wildman–Crippen MR) is 173 cm³/mol. The maximum atomic E-state index is 14.8. The summed E-state index contributed by atoms with van der Waals surface area (Å²) in [5.41, 5.74) is -1.46. The zero-order chi connectivity index (χ0) is 31.8. The zero-order valence-corrected chi connectivity index (χ0v) is 27.4. The van der Waals surface area contributed by atoms with E-state index < -0.39 is 17.0 Å². The van der Waals surface area contributed by atoms with Crippen LogP contribution in [0.15, 0.2) is 46.0 Å². The van der Waals surface area contributed by atoms with E-state index in [9.17, 15) is 14.4 Å². The van der Waals surface area contributed by atoms with Gasteiger partial charge < -0.3 is 14.6 Å². The maximum absolute atomic E-state index is 14.8. The van der Waals surface area contributed by atoms with Gasteiger partial charge in [-0.2, -0.15) is 0 Å². The van der Waals surface area contributed by atoms with Crippen molar-refractivity contribution in [2.45, 2.75) is 115 Å². The van der Waals surface area contributed by atoms with Gasteiger partial charge in [-0.15, -0.1) is 0 Å². The zero-order valence-electron chi connectivity index (χ0n) is 27.4. The van der Waals surface area contributed by atoms with Gasteiger partial charge in [-0.1, -0.05) is 64.3 Å². The molecule has 4 aliphatic carbocycles. The Morgan fingerprint density at radius 1 is 0.956 bits per heavy atom. The van der Waals surface area contributed by atoms with E-state index in [1.807, 2.05) is 33.6 Å². The summed E-state index contributed by atoms with van der Waals surface area (Å²) < 4.78 is 15.4. The van der Waals surface area contributed by atoms with Gasteiger partial charge in [0.2, 0.25) is 0 Å². The molecule has 3 saturated carbocycles. The lowest BCUT2D eigenvalue weighted by Crippen LogP contribution is -2.78. The highest BCUT2D eigenvalue weighted by atomic mass is 16.7. The number of rotatable bonds is 10. The number of carbonyl (C=O) groups is 1. The van der Waals surface area contributed by atoms with E-state index in [4.69, 9.17) is 14.6 Å². The molecule has 1 N–H and O–H groups in total. The van der Waals surface area contributed by atoms with Gasteiger partial charge in [-0.3, -0.25) is 14.4 Å². The number of aliphatic carboxylic acids is 1.